The lowest BCUT2D eigenvalue weighted by molar-refractivity contribution is 0.219. The molecule has 0 rings (SSSR count). The van der Waals surface area contributed by atoms with Gasteiger partial charge in [-0.05, 0) is 26.4 Å². The largest absolute Gasteiger partial charge is 0.396 e. The van der Waals surface area contributed by atoms with Gasteiger partial charge in [-0.1, -0.05) is 20.3 Å². The molecular formula is C11H26N2O. The predicted octanol–water partition coefficient (Wildman–Crippen LogP) is 0.935. The summed E-state index contributed by atoms with van der Waals surface area (Å²) in [5.74, 6) is 0.756. The second-order valence-corrected chi connectivity index (χ2v) is 4.23. The first-order valence-corrected chi connectivity index (χ1v) is 5.60. The molecule has 0 aliphatic heterocycles. The van der Waals surface area contributed by atoms with Gasteiger partial charge in [0.1, 0.15) is 0 Å². The molecule has 0 fully saturated rings. The average molecular weight is 202 g/mol. The van der Waals surface area contributed by atoms with Crippen LogP contribution in [0.5, 0.6) is 0 Å². The van der Waals surface area contributed by atoms with Crippen LogP contribution >= 0.6 is 0 Å². The SMILES string of the molecule is CCC(C)CN(C)CC(CCO)NC. The van der Waals surface area contributed by atoms with E-state index in [1.54, 1.807) is 0 Å². The van der Waals surface area contributed by atoms with Crippen molar-refractivity contribution in [3.8, 4) is 0 Å². The van der Waals surface area contributed by atoms with Crippen LogP contribution in [0.2, 0.25) is 0 Å². The molecule has 0 saturated heterocycles. The number of aliphatic hydroxyl groups is 1. The van der Waals surface area contributed by atoms with Crippen molar-refractivity contribution in [3.05, 3.63) is 0 Å². The fourth-order valence-electron chi connectivity index (χ4n) is 1.59. The zero-order chi connectivity index (χ0) is 11.0. The number of likely N-dealkylation sites (N-methyl/N-ethyl adjacent to an activating group) is 2. The van der Waals surface area contributed by atoms with Gasteiger partial charge in [0.25, 0.3) is 0 Å². The van der Waals surface area contributed by atoms with Crippen molar-refractivity contribution >= 4 is 0 Å². The van der Waals surface area contributed by atoms with Crippen LogP contribution in [0.1, 0.15) is 26.7 Å². The fraction of sp³-hybridized carbons (Fsp3) is 1.00. The summed E-state index contributed by atoms with van der Waals surface area (Å²) in [4.78, 5) is 2.34. The van der Waals surface area contributed by atoms with Gasteiger partial charge in [-0.3, -0.25) is 0 Å². The molecule has 0 aromatic heterocycles. The molecule has 0 spiro atoms. The number of hydrogen-bond acceptors (Lipinski definition) is 3. The monoisotopic (exact) mass is 202 g/mol. The van der Waals surface area contributed by atoms with E-state index in [-0.39, 0.29) is 6.61 Å². The molecule has 0 heterocycles. The molecule has 0 saturated carbocycles. The molecule has 2 unspecified atom stereocenters. The van der Waals surface area contributed by atoms with Gasteiger partial charge >= 0.3 is 0 Å². The van der Waals surface area contributed by atoms with E-state index in [1.165, 1.54) is 6.42 Å². The van der Waals surface area contributed by atoms with Gasteiger partial charge in [0.2, 0.25) is 0 Å². The predicted molar refractivity (Wildman–Crippen MR) is 61.5 cm³/mol. The Kier molecular flexibility index (Phi) is 8.14. The van der Waals surface area contributed by atoms with E-state index >= 15 is 0 Å². The summed E-state index contributed by atoms with van der Waals surface area (Å²) in [6, 6.07) is 0.411. The highest BCUT2D eigenvalue weighted by atomic mass is 16.3. The Hall–Kier alpha value is -0.120. The minimum Gasteiger partial charge on any atom is -0.396 e. The molecule has 0 aliphatic rings. The van der Waals surface area contributed by atoms with Crippen LogP contribution < -0.4 is 5.32 Å². The number of hydrogen-bond donors (Lipinski definition) is 2. The Bertz CT molecular complexity index is 130. The molecule has 86 valence electrons. The van der Waals surface area contributed by atoms with Crippen molar-refractivity contribution in [2.24, 2.45) is 5.92 Å². The Balaban J connectivity index is 3.71. The van der Waals surface area contributed by atoms with Gasteiger partial charge in [-0.25, -0.2) is 0 Å². The van der Waals surface area contributed by atoms with E-state index < -0.39 is 0 Å². The highest BCUT2D eigenvalue weighted by Gasteiger charge is 2.10. The maximum Gasteiger partial charge on any atom is 0.0446 e. The fourth-order valence-corrected chi connectivity index (χ4v) is 1.59. The summed E-state index contributed by atoms with van der Waals surface area (Å²) in [5, 5.41) is 12.1. The van der Waals surface area contributed by atoms with Gasteiger partial charge in [0, 0.05) is 25.7 Å². The summed E-state index contributed by atoms with van der Waals surface area (Å²) in [6.45, 7) is 6.92. The van der Waals surface area contributed by atoms with E-state index in [2.05, 4.69) is 31.1 Å². The van der Waals surface area contributed by atoms with E-state index in [9.17, 15) is 0 Å². The van der Waals surface area contributed by atoms with Crippen LogP contribution in [-0.4, -0.2) is 49.8 Å². The molecular weight excluding hydrogens is 176 g/mol. The summed E-state index contributed by atoms with van der Waals surface area (Å²) in [5.41, 5.74) is 0. The Labute approximate surface area is 88.5 Å². The maximum atomic E-state index is 8.85. The lowest BCUT2D eigenvalue weighted by atomic mass is 10.1. The third kappa shape index (κ3) is 6.35. The topological polar surface area (TPSA) is 35.5 Å². The number of aliphatic hydroxyl groups excluding tert-OH is 1. The molecule has 3 nitrogen and oxygen atoms in total. The average Bonchev–Trinajstić information content (AvgIpc) is 2.16. The standard InChI is InChI=1S/C11H26N2O/c1-5-10(2)8-13(4)9-11(12-3)6-7-14/h10-12,14H,5-9H2,1-4H3. The zero-order valence-corrected chi connectivity index (χ0v) is 10.1. The van der Waals surface area contributed by atoms with Gasteiger partial charge < -0.3 is 15.3 Å². The Morgan fingerprint density at radius 3 is 2.43 bits per heavy atom. The molecule has 0 aliphatic carbocycles. The van der Waals surface area contributed by atoms with Crippen molar-refractivity contribution in [2.45, 2.75) is 32.7 Å². The first kappa shape index (κ1) is 13.9. The number of nitrogens with one attached hydrogen (secondary N) is 1. The Morgan fingerprint density at radius 1 is 1.36 bits per heavy atom. The Morgan fingerprint density at radius 2 is 2.00 bits per heavy atom. The number of rotatable bonds is 8. The molecule has 0 aromatic carbocycles. The first-order valence-electron chi connectivity index (χ1n) is 5.60. The van der Waals surface area contributed by atoms with Crippen molar-refractivity contribution in [1.82, 2.24) is 10.2 Å². The highest BCUT2D eigenvalue weighted by molar-refractivity contribution is 4.69. The zero-order valence-electron chi connectivity index (χ0n) is 10.1. The molecule has 0 bridgehead atoms. The van der Waals surface area contributed by atoms with Crippen molar-refractivity contribution in [1.29, 1.82) is 0 Å². The molecule has 14 heavy (non-hydrogen) atoms. The molecule has 3 heteroatoms. The lowest BCUT2D eigenvalue weighted by Crippen LogP contribution is -2.39. The number of nitrogens with zero attached hydrogens (tertiary/aromatic N) is 1. The van der Waals surface area contributed by atoms with Crippen LogP contribution in [0.15, 0.2) is 0 Å². The normalized spacial score (nSPS) is 15.9. The second kappa shape index (κ2) is 8.21. The summed E-state index contributed by atoms with van der Waals surface area (Å²) in [6.07, 6.45) is 2.07. The van der Waals surface area contributed by atoms with Gasteiger partial charge in [0.05, 0.1) is 0 Å². The molecule has 0 aromatic rings. The third-order valence-electron chi connectivity index (χ3n) is 2.74. The summed E-state index contributed by atoms with van der Waals surface area (Å²) < 4.78 is 0. The van der Waals surface area contributed by atoms with Crippen LogP contribution in [0, 0.1) is 5.92 Å². The van der Waals surface area contributed by atoms with E-state index in [4.69, 9.17) is 5.11 Å². The summed E-state index contributed by atoms with van der Waals surface area (Å²) >= 11 is 0. The van der Waals surface area contributed by atoms with E-state index in [0.29, 0.717) is 6.04 Å². The van der Waals surface area contributed by atoms with Gasteiger partial charge in [-0.15, -0.1) is 0 Å². The van der Waals surface area contributed by atoms with Crippen molar-refractivity contribution in [3.63, 3.8) is 0 Å². The van der Waals surface area contributed by atoms with Crippen LogP contribution in [0.3, 0.4) is 0 Å². The lowest BCUT2D eigenvalue weighted by Gasteiger charge is -2.25. The molecule has 2 N–H and O–H groups in total. The van der Waals surface area contributed by atoms with E-state index in [1.807, 2.05) is 7.05 Å². The van der Waals surface area contributed by atoms with Crippen molar-refractivity contribution < 1.29 is 5.11 Å². The van der Waals surface area contributed by atoms with Crippen LogP contribution in [-0.2, 0) is 0 Å². The van der Waals surface area contributed by atoms with Crippen LogP contribution in [0.25, 0.3) is 0 Å². The van der Waals surface area contributed by atoms with E-state index in [0.717, 1.165) is 25.4 Å². The quantitative estimate of drug-likeness (QED) is 0.615. The second-order valence-electron chi connectivity index (χ2n) is 4.23. The van der Waals surface area contributed by atoms with Gasteiger partial charge in [0.15, 0.2) is 0 Å². The highest BCUT2D eigenvalue weighted by Crippen LogP contribution is 2.03. The minimum atomic E-state index is 0.267. The van der Waals surface area contributed by atoms with Crippen LogP contribution in [0.4, 0.5) is 0 Å². The first-order chi connectivity index (χ1) is 6.63. The molecule has 0 radical (unpaired) electrons. The third-order valence-corrected chi connectivity index (χ3v) is 2.74. The molecule has 0 amide bonds. The maximum absolute atomic E-state index is 8.85. The smallest absolute Gasteiger partial charge is 0.0446 e. The summed E-state index contributed by atoms with van der Waals surface area (Å²) in [7, 11) is 4.10. The molecule has 2 atom stereocenters. The minimum absolute atomic E-state index is 0.267. The van der Waals surface area contributed by atoms with Gasteiger partial charge in [-0.2, -0.15) is 0 Å². The van der Waals surface area contributed by atoms with Crippen molar-refractivity contribution in [2.75, 3.05) is 33.8 Å².